The lowest BCUT2D eigenvalue weighted by atomic mass is 9.84. The van der Waals surface area contributed by atoms with Gasteiger partial charge in [0, 0.05) is 12.1 Å². The lowest BCUT2D eigenvalue weighted by molar-refractivity contribution is -0.122. The highest BCUT2D eigenvalue weighted by Crippen LogP contribution is 2.49. The standard InChI is InChI=1S/C20H30N2O3/c1-12(17-10-14-5-6-15(17)9-14)22-20(23)13(2)21-18-8-7-16(24-3)11-19(18)25-4/h7-8,11-15,17,21H,5-6,9-10H2,1-4H3,(H,22,23). The fourth-order valence-electron chi connectivity index (χ4n) is 4.58. The molecule has 5 heteroatoms. The first-order chi connectivity index (χ1) is 12.0. The summed E-state index contributed by atoms with van der Waals surface area (Å²) in [5.74, 6) is 3.78. The molecule has 0 saturated heterocycles. The van der Waals surface area contributed by atoms with Crippen molar-refractivity contribution < 1.29 is 14.3 Å². The van der Waals surface area contributed by atoms with Gasteiger partial charge in [0.2, 0.25) is 5.91 Å². The van der Waals surface area contributed by atoms with Crippen molar-refractivity contribution in [3.63, 3.8) is 0 Å². The summed E-state index contributed by atoms with van der Waals surface area (Å²) >= 11 is 0. The molecule has 0 aliphatic heterocycles. The maximum Gasteiger partial charge on any atom is 0.242 e. The number of anilines is 1. The summed E-state index contributed by atoms with van der Waals surface area (Å²) in [5.41, 5.74) is 0.790. The Morgan fingerprint density at radius 1 is 1.16 bits per heavy atom. The molecule has 2 N–H and O–H groups in total. The topological polar surface area (TPSA) is 59.6 Å². The van der Waals surface area contributed by atoms with Gasteiger partial charge in [0.1, 0.15) is 17.5 Å². The molecule has 0 aromatic heterocycles. The number of hydrogen-bond acceptors (Lipinski definition) is 4. The number of nitrogens with one attached hydrogen (secondary N) is 2. The van der Waals surface area contributed by atoms with Gasteiger partial charge >= 0.3 is 0 Å². The molecule has 25 heavy (non-hydrogen) atoms. The minimum Gasteiger partial charge on any atom is -0.497 e. The summed E-state index contributed by atoms with van der Waals surface area (Å²) in [6, 6.07) is 5.45. The Bertz CT molecular complexity index is 619. The van der Waals surface area contributed by atoms with Crippen molar-refractivity contribution >= 4 is 11.6 Å². The molecule has 138 valence electrons. The van der Waals surface area contributed by atoms with Crippen LogP contribution >= 0.6 is 0 Å². The highest BCUT2D eigenvalue weighted by atomic mass is 16.5. The number of fused-ring (bicyclic) bond motifs is 2. The zero-order chi connectivity index (χ0) is 18.0. The van der Waals surface area contributed by atoms with Crippen LogP contribution < -0.4 is 20.1 Å². The predicted octanol–water partition coefficient (Wildman–Crippen LogP) is 3.45. The van der Waals surface area contributed by atoms with Crippen LogP contribution in [-0.2, 0) is 4.79 Å². The van der Waals surface area contributed by atoms with E-state index >= 15 is 0 Å². The molecule has 3 rings (SSSR count). The van der Waals surface area contributed by atoms with Gasteiger partial charge in [0.15, 0.2) is 0 Å². The minimum absolute atomic E-state index is 0.0353. The van der Waals surface area contributed by atoms with Crippen LogP contribution in [0.2, 0.25) is 0 Å². The minimum atomic E-state index is -0.330. The van der Waals surface area contributed by atoms with E-state index in [-0.39, 0.29) is 18.0 Å². The van der Waals surface area contributed by atoms with Crippen LogP contribution in [-0.4, -0.2) is 32.2 Å². The lowest BCUT2D eigenvalue weighted by Crippen LogP contribution is -2.46. The van der Waals surface area contributed by atoms with E-state index in [0.717, 1.165) is 23.3 Å². The quantitative estimate of drug-likeness (QED) is 0.794. The van der Waals surface area contributed by atoms with Gasteiger partial charge in [-0.15, -0.1) is 0 Å². The molecule has 2 aliphatic rings. The van der Waals surface area contributed by atoms with Crippen molar-refractivity contribution in [2.24, 2.45) is 17.8 Å². The van der Waals surface area contributed by atoms with Gasteiger partial charge in [-0.25, -0.2) is 0 Å². The number of hydrogen-bond donors (Lipinski definition) is 2. The van der Waals surface area contributed by atoms with Gasteiger partial charge < -0.3 is 20.1 Å². The molecule has 5 nitrogen and oxygen atoms in total. The van der Waals surface area contributed by atoms with Gasteiger partial charge in [0.25, 0.3) is 0 Å². The molecule has 2 fully saturated rings. The summed E-state index contributed by atoms with van der Waals surface area (Å²) in [4.78, 5) is 12.6. The van der Waals surface area contributed by atoms with Crippen molar-refractivity contribution in [1.29, 1.82) is 0 Å². The molecule has 2 aliphatic carbocycles. The van der Waals surface area contributed by atoms with Gasteiger partial charge in [-0.2, -0.15) is 0 Å². The zero-order valence-electron chi connectivity index (χ0n) is 15.7. The number of methoxy groups -OCH3 is 2. The number of ether oxygens (including phenoxy) is 2. The molecular weight excluding hydrogens is 316 g/mol. The highest BCUT2D eigenvalue weighted by Gasteiger charge is 2.42. The molecule has 1 amide bonds. The molecule has 5 unspecified atom stereocenters. The van der Waals surface area contributed by atoms with Crippen LogP contribution in [0.4, 0.5) is 5.69 Å². The summed E-state index contributed by atoms with van der Waals surface area (Å²) < 4.78 is 10.6. The average Bonchev–Trinajstić information content (AvgIpc) is 3.25. The van der Waals surface area contributed by atoms with Crippen LogP contribution in [0, 0.1) is 17.8 Å². The number of carbonyl (C=O) groups is 1. The maximum atomic E-state index is 12.6. The monoisotopic (exact) mass is 346 g/mol. The third kappa shape index (κ3) is 3.86. The third-order valence-electron chi connectivity index (χ3n) is 5.98. The molecule has 0 radical (unpaired) electrons. The fourth-order valence-corrected chi connectivity index (χ4v) is 4.58. The smallest absolute Gasteiger partial charge is 0.242 e. The van der Waals surface area contributed by atoms with Crippen LogP contribution in [0.15, 0.2) is 18.2 Å². The van der Waals surface area contributed by atoms with Crippen LogP contribution in [0.3, 0.4) is 0 Å². The first-order valence-electron chi connectivity index (χ1n) is 9.30. The summed E-state index contributed by atoms with van der Waals surface area (Å²) in [6.07, 6.45) is 5.37. The van der Waals surface area contributed by atoms with E-state index in [1.165, 1.54) is 25.7 Å². The molecule has 2 bridgehead atoms. The summed E-state index contributed by atoms with van der Waals surface area (Å²) in [6.45, 7) is 4.04. The number of benzene rings is 1. The number of rotatable bonds is 7. The maximum absolute atomic E-state index is 12.6. The Labute approximate surface area is 150 Å². The average molecular weight is 346 g/mol. The van der Waals surface area contributed by atoms with E-state index in [1.54, 1.807) is 14.2 Å². The van der Waals surface area contributed by atoms with E-state index in [9.17, 15) is 4.79 Å². The third-order valence-corrected chi connectivity index (χ3v) is 5.98. The fraction of sp³-hybridized carbons (Fsp3) is 0.650. The van der Waals surface area contributed by atoms with Crippen molar-refractivity contribution in [3.05, 3.63) is 18.2 Å². The summed E-state index contributed by atoms with van der Waals surface area (Å²) in [7, 11) is 3.23. The molecular formula is C20H30N2O3. The zero-order valence-corrected chi connectivity index (χ0v) is 15.7. The van der Waals surface area contributed by atoms with E-state index in [0.29, 0.717) is 11.7 Å². The number of amides is 1. The second-order valence-electron chi connectivity index (χ2n) is 7.57. The van der Waals surface area contributed by atoms with E-state index in [4.69, 9.17) is 9.47 Å². The molecule has 1 aromatic carbocycles. The van der Waals surface area contributed by atoms with Gasteiger partial charge in [0.05, 0.1) is 19.9 Å². The van der Waals surface area contributed by atoms with E-state index in [2.05, 4.69) is 17.6 Å². The van der Waals surface area contributed by atoms with Gasteiger partial charge in [-0.3, -0.25) is 4.79 Å². The Hall–Kier alpha value is -1.91. The van der Waals surface area contributed by atoms with E-state index < -0.39 is 0 Å². The SMILES string of the molecule is COc1ccc(NC(C)C(=O)NC(C)C2CC3CCC2C3)c(OC)c1. The molecule has 0 heterocycles. The lowest BCUT2D eigenvalue weighted by Gasteiger charge is -2.29. The van der Waals surface area contributed by atoms with Crippen LogP contribution in [0.1, 0.15) is 39.5 Å². The molecule has 0 spiro atoms. The van der Waals surface area contributed by atoms with Gasteiger partial charge in [-0.1, -0.05) is 6.42 Å². The van der Waals surface area contributed by atoms with Crippen molar-refractivity contribution in [2.45, 2.75) is 51.6 Å². The second kappa shape index (κ2) is 7.54. The van der Waals surface area contributed by atoms with Gasteiger partial charge in [-0.05, 0) is 63.0 Å². The Morgan fingerprint density at radius 3 is 2.56 bits per heavy atom. The molecule has 2 saturated carbocycles. The normalized spacial score (nSPS) is 26.8. The summed E-state index contributed by atoms with van der Waals surface area (Å²) in [5, 5.41) is 6.47. The van der Waals surface area contributed by atoms with Crippen molar-refractivity contribution in [2.75, 3.05) is 19.5 Å². The molecule has 5 atom stereocenters. The predicted molar refractivity (Wildman–Crippen MR) is 99.2 cm³/mol. The Morgan fingerprint density at radius 2 is 1.96 bits per heavy atom. The number of carbonyl (C=O) groups excluding carboxylic acids is 1. The largest absolute Gasteiger partial charge is 0.497 e. The van der Waals surface area contributed by atoms with Crippen molar-refractivity contribution in [3.8, 4) is 11.5 Å². The first-order valence-corrected chi connectivity index (χ1v) is 9.30. The van der Waals surface area contributed by atoms with E-state index in [1.807, 2.05) is 25.1 Å². The molecule has 1 aromatic rings. The first kappa shape index (κ1) is 17.9. The second-order valence-corrected chi connectivity index (χ2v) is 7.57. The van der Waals surface area contributed by atoms with Crippen LogP contribution in [0.5, 0.6) is 11.5 Å². The Kier molecular flexibility index (Phi) is 5.40. The Balaban J connectivity index is 1.57. The van der Waals surface area contributed by atoms with Crippen LogP contribution in [0.25, 0.3) is 0 Å². The highest BCUT2D eigenvalue weighted by molar-refractivity contribution is 5.85. The van der Waals surface area contributed by atoms with Crippen molar-refractivity contribution in [1.82, 2.24) is 5.32 Å².